The summed E-state index contributed by atoms with van der Waals surface area (Å²) in [5.74, 6) is -1.10. The molecule has 4 N–H and O–H groups in total. The summed E-state index contributed by atoms with van der Waals surface area (Å²) in [6, 6.07) is 7.52. The molecule has 2 rings (SSSR count). The van der Waals surface area contributed by atoms with E-state index in [1.165, 1.54) is 0 Å². The first-order chi connectivity index (χ1) is 8.15. The number of aromatic amines is 1. The Morgan fingerprint density at radius 2 is 2.18 bits per heavy atom. The Morgan fingerprint density at radius 3 is 2.88 bits per heavy atom. The van der Waals surface area contributed by atoms with Gasteiger partial charge in [-0.2, -0.15) is 0 Å². The second-order valence-corrected chi connectivity index (χ2v) is 4.12. The molecule has 17 heavy (non-hydrogen) atoms. The van der Waals surface area contributed by atoms with Gasteiger partial charge in [0.15, 0.2) is 5.16 Å². The molecular weight excluding hydrogens is 240 g/mol. The third kappa shape index (κ3) is 2.97. The standard InChI is InChI=1S/C10H10N4O2S/c11-8(15)5-9(16)14-17-10-12-6-3-1-2-4-7(6)13-10/h1-4H,5H2,(H2,11,15)(H,12,13)(H,14,16). The summed E-state index contributed by atoms with van der Waals surface area (Å²) >= 11 is 1.02. The molecule has 1 aromatic heterocycles. The molecule has 0 spiro atoms. The number of fused-ring (bicyclic) bond motifs is 1. The van der Waals surface area contributed by atoms with Crippen LogP contribution in [0, 0.1) is 0 Å². The smallest absolute Gasteiger partial charge is 0.239 e. The largest absolute Gasteiger partial charge is 0.369 e. The van der Waals surface area contributed by atoms with E-state index >= 15 is 0 Å². The van der Waals surface area contributed by atoms with Gasteiger partial charge in [-0.1, -0.05) is 12.1 Å². The van der Waals surface area contributed by atoms with Crippen molar-refractivity contribution in [2.24, 2.45) is 5.73 Å². The van der Waals surface area contributed by atoms with Crippen LogP contribution in [-0.4, -0.2) is 21.8 Å². The van der Waals surface area contributed by atoms with Crippen molar-refractivity contribution in [1.29, 1.82) is 0 Å². The summed E-state index contributed by atoms with van der Waals surface area (Å²) in [5, 5.41) is 0.559. The number of rotatable bonds is 4. The van der Waals surface area contributed by atoms with Crippen LogP contribution in [0.4, 0.5) is 0 Å². The first-order valence-electron chi connectivity index (χ1n) is 4.84. The minimum atomic E-state index is -0.660. The Balaban J connectivity index is 1.99. The highest BCUT2D eigenvalue weighted by Gasteiger charge is 2.08. The number of carbonyl (C=O) groups is 2. The van der Waals surface area contributed by atoms with Crippen molar-refractivity contribution >= 4 is 34.8 Å². The molecule has 0 saturated carbocycles. The highest BCUT2D eigenvalue weighted by Crippen LogP contribution is 2.16. The fraction of sp³-hybridized carbons (Fsp3) is 0.100. The van der Waals surface area contributed by atoms with Crippen molar-refractivity contribution in [2.75, 3.05) is 0 Å². The predicted molar refractivity (Wildman–Crippen MR) is 63.9 cm³/mol. The van der Waals surface area contributed by atoms with Gasteiger partial charge >= 0.3 is 0 Å². The molecule has 0 aliphatic carbocycles. The number of hydrogen-bond acceptors (Lipinski definition) is 4. The monoisotopic (exact) mass is 250 g/mol. The number of nitrogens with one attached hydrogen (secondary N) is 2. The second kappa shape index (κ2) is 4.88. The number of nitrogens with two attached hydrogens (primary N) is 1. The minimum Gasteiger partial charge on any atom is -0.369 e. The van der Waals surface area contributed by atoms with Gasteiger partial charge in [-0.05, 0) is 12.1 Å². The number of aromatic nitrogens is 2. The van der Waals surface area contributed by atoms with E-state index in [0.717, 1.165) is 23.0 Å². The Bertz CT molecular complexity index is 533. The average Bonchev–Trinajstić information content (AvgIpc) is 2.68. The van der Waals surface area contributed by atoms with Crippen LogP contribution in [0.3, 0.4) is 0 Å². The Labute approximate surface area is 101 Å². The van der Waals surface area contributed by atoms with E-state index in [2.05, 4.69) is 14.7 Å². The highest BCUT2D eigenvalue weighted by atomic mass is 32.2. The molecule has 1 heterocycles. The van der Waals surface area contributed by atoms with E-state index in [0.29, 0.717) is 5.16 Å². The predicted octanol–water partition coefficient (Wildman–Crippen LogP) is 0.562. The maximum Gasteiger partial charge on any atom is 0.239 e. The average molecular weight is 250 g/mol. The van der Waals surface area contributed by atoms with Gasteiger partial charge in [0.2, 0.25) is 11.8 Å². The van der Waals surface area contributed by atoms with Crippen LogP contribution in [0.2, 0.25) is 0 Å². The van der Waals surface area contributed by atoms with Crippen LogP contribution in [-0.2, 0) is 9.59 Å². The molecule has 0 fully saturated rings. The first-order valence-corrected chi connectivity index (χ1v) is 5.65. The number of imidazole rings is 1. The fourth-order valence-electron chi connectivity index (χ4n) is 1.28. The zero-order chi connectivity index (χ0) is 12.3. The number of benzene rings is 1. The van der Waals surface area contributed by atoms with E-state index in [4.69, 9.17) is 5.73 Å². The van der Waals surface area contributed by atoms with Gasteiger partial charge < -0.3 is 10.7 Å². The third-order valence-corrected chi connectivity index (χ3v) is 2.68. The van der Waals surface area contributed by atoms with E-state index in [1.54, 1.807) is 0 Å². The van der Waals surface area contributed by atoms with Crippen LogP contribution in [0.1, 0.15) is 6.42 Å². The van der Waals surface area contributed by atoms with E-state index in [9.17, 15) is 9.59 Å². The highest BCUT2D eigenvalue weighted by molar-refractivity contribution is 7.97. The van der Waals surface area contributed by atoms with Crippen LogP contribution in [0.15, 0.2) is 29.4 Å². The molecule has 88 valence electrons. The Kier molecular flexibility index (Phi) is 3.29. The summed E-state index contributed by atoms with van der Waals surface area (Å²) in [7, 11) is 0. The lowest BCUT2D eigenvalue weighted by molar-refractivity contribution is -0.126. The van der Waals surface area contributed by atoms with E-state index in [1.807, 2.05) is 24.3 Å². The van der Waals surface area contributed by atoms with Crippen LogP contribution in [0.25, 0.3) is 11.0 Å². The van der Waals surface area contributed by atoms with E-state index < -0.39 is 11.8 Å². The first kappa shape index (κ1) is 11.5. The summed E-state index contributed by atoms with van der Waals surface area (Å²) in [6.45, 7) is 0. The van der Waals surface area contributed by atoms with Crippen molar-refractivity contribution in [3.63, 3.8) is 0 Å². The lowest BCUT2D eigenvalue weighted by Crippen LogP contribution is -2.23. The van der Waals surface area contributed by atoms with Gasteiger partial charge in [-0.25, -0.2) is 4.98 Å². The third-order valence-electron chi connectivity index (χ3n) is 1.96. The van der Waals surface area contributed by atoms with Crippen molar-refractivity contribution < 1.29 is 9.59 Å². The molecule has 0 aliphatic heterocycles. The summed E-state index contributed by atoms with van der Waals surface area (Å²) in [6.07, 6.45) is -0.326. The van der Waals surface area contributed by atoms with Crippen molar-refractivity contribution in [1.82, 2.24) is 14.7 Å². The lowest BCUT2D eigenvalue weighted by atomic mass is 10.3. The molecule has 0 radical (unpaired) electrons. The second-order valence-electron chi connectivity index (χ2n) is 3.33. The number of hydrogen-bond donors (Lipinski definition) is 3. The lowest BCUT2D eigenvalue weighted by Gasteiger charge is -1.98. The molecule has 0 atom stereocenters. The number of amides is 2. The van der Waals surface area contributed by atoms with Crippen LogP contribution in [0.5, 0.6) is 0 Å². The quantitative estimate of drug-likeness (QED) is 0.545. The molecule has 0 bridgehead atoms. The van der Waals surface area contributed by atoms with Crippen molar-refractivity contribution in [3.05, 3.63) is 24.3 Å². The Hall–Kier alpha value is -2.02. The minimum absolute atomic E-state index is 0.326. The molecule has 2 amide bonds. The molecule has 7 heteroatoms. The maximum absolute atomic E-state index is 11.2. The number of primary amides is 1. The Morgan fingerprint density at radius 1 is 1.41 bits per heavy atom. The summed E-state index contributed by atoms with van der Waals surface area (Å²) in [4.78, 5) is 28.9. The number of para-hydroxylation sites is 2. The summed E-state index contributed by atoms with van der Waals surface area (Å²) in [5.41, 5.74) is 6.60. The van der Waals surface area contributed by atoms with Gasteiger partial charge in [0.05, 0.1) is 11.0 Å². The molecular formula is C10H10N4O2S. The van der Waals surface area contributed by atoms with Crippen LogP contribution < -0.4 is 10.5 Å². The molecule has 0 saturated heterocycles. The SMILES string of the molecule is NC(=O)CC(=O)NSc1nc2ccccc2[nH]1. The van der Waals surface area contributed by atoms with E-state index in [-0.39, 0.29) is 6.42 Å². The molecule has 0 unspecified atom stereocenters. The zero-order valence-corrected chi connectivity index (χ0v) is 9.58. The summed E-state index contributed by atoms with van der Waals surface area (Å²) < 4.78 is 2.47. The van der Waals surface area contributed by atoms with Gasteiger partial charge in [0.25, 0.3) is 0 Å². The topological polar surface area (TPSA) is 101 Å². The zero-order valence-electron chi connectivity index (χ0n) is 8.77. The molecule has 0 aliphatic rings. The fourth-order valence-corrected chi connectivity index (χ4v) is 1.86. The molecule has 1 aromatic carbocycles. The molecule has 2 aromatic rings. The van der Waals surface area contributed by atoms with Crippen molar-refractivity contribution in [3.8, 4) is 0 Å². The van der Waals surface area contributed by atoms with Gasteiger partial charge in [0.1, 0.15) is 6.42 Å². The van der Waals surface area contributed by atoms with Gasteiger partial charge in [0, 0.05) is 11.9 Å². The van der Waals surface area contributed by atoms with Gasteiger partial charge in [-0.15, -0.1) is 0 Å². The number of nitrogens with zero attached hydrogens (tertiary/aromatic N) is 1. The van der Waals surface area contributed by atoms with Crippen LogP contribution >= 0.6 is 11.9 Å². The number of carbonyl (C=O) groups excluding carboxylic acids is 2. The normalized spacial score (nSPS) is 10.4. The van der Waals surface area contributed by atoms with Gasteiger partial charge in [-0.3, -0.25) is 14.3 Å². The maximum atomic E-state index is 11.2. The molecule has 6 nitrogen and oxygen atoms in total. The van der Waals surface area contributed by atoms with Crippen molar-refractivity contribution in [2.45, 2.75) is 11.6 Å². The number of H-pyrrole nitrogens is 1.